The first-order valence-electron chi connectivity index (χ1n) is 9.00. The minimum Gasteiger partial charge on any atom is -0.489 e. The molecule has 0 heterocycles. The quantitative estimate of drug-likeness (QED) is 0.518. The van der Waals surface area contributed by atoms with E-state index in [0.29, 0.717) is 24.6 Å². The Kier molecular flexibility index (Phi) is 7.67. The van der Waals surface area contributed by atoms with Crippen LogP contribution in [-0.2, 0) is 6.54 Å². The lowest BCUT2D eigenvalue weighted by Crippen LogP contribution is -2.41. The highest BCUT2D eigenvalue weighted by atomic mass is 16.5. The summed E-state index contributed by atoms with van der Waals surface area (Å²) in [5.74, 6) is 1.48. The van der Waals surface area contributed by atoms with Crippen molar-refractivity contribution in [3.63, 3.8) is 0 Å². The normalized spacial score (nSPS) is 12.2. The number of hydrogen-bond acceptors (Lipinski definition) is 3. The van der Waals surface area contributed by atoms with E-state index in [-0.39, 0.29) is 12.0 Å². The summed E-state index contributed by atoms with van der Waals surface area (Å²) in [4.78, 5) is 15.8. The lowest BCUT2D eigenvalue weighted by molar-refractivity contribution is 0.0963. The van der Waals surface area contributed by atoms with Crippen molar-refractivity contribution >= 4 is 11.9 Å². The van der Waals surface area contributed by atoms with Crippen LogP contribution in [0, 0.1) is 6.92 Å². The molecule has 0 radical (unpaired) electrons. The molecule has 0 saturated heterocycles. The predicted molar refractivity (Wildman–Crippen MR) is 109 cm³/mol. The number of guanidine groups is 1. The SMILES string of the molecule is CN=C(NCc1ccc(C(=O)NC)cc1)NCC(C)Oc1cccc(C)c1. The first kappa shape index (κ1) is 20.3. The van der Waals surface area contributed by atoms with Crippen LogP contribution in [0.25, 0.3) is 0 Å². The van der Waals surface area contributed by atoms with Crippen LogP contribution in [0.3, 0.4) is 0 Å². The Morgan fingerprint density at radius 2 is 1.89 bits per heavy atom. The number of rotatable bonds is 7. The van der Waals surface area contributed by atoms with E-state index in [0.717, 1.165) is 11.3 Å². The van der Waals surface area contributed by atoms with E-state index in [1.54, 1.807) is 14.1 Å². The van der Waals surface area contributed by atoms with Gasteiger partial charge >= 0.3 is 0 Å². The molecule has 0 bridgehead atoms. The van der Waals surface area contributed by atoms with Gasteiger partial charge in [0.25, 0.3) is 5.91 Å². The van der Waals surface area contributed by atoms with Gasteiger partial charge in [-0.1, -0.05) is 24.3 Å². The first-order chi connectivity index (χ1) is 13.0. The number of ether oxygens (including phenoxy) is 1. The molecule has 0 aliphatic rings. The summed E-state index contributed by atoms with van der Waals surface area (Å²) < 4.78 is 5.92. The maximum absolute atomic E-state index is 11.6. The van der Waals surface area contributed by atoms with E-state index >= 15 is 0 Å². The number of carbonyl (C=O) groups is 1. The second kappa shape index (κ2) is 10.2. The van der Waals surface area contributed by atoms with Crippen LogP contribution < -0.4 is 20.7 Å². The summed E-state index contributed by atoms with van der Waals surface area (Å²) in [6.45, 7) is 5.30. The fraction of sp³-hybridized carbons (Fsp3) is 0.333. The summed E-state index contributed by atoms with van der Waals surface area (Å²) in [5.41, 5.74) is 2.88. The number of carbonyl (C=O) groups excluding carboxylic acids is 1. The Labute approximate surface area is 161 Å². The molecule has 27 heavy (non-hydrogen) atoms. The highest BCUT2D eigenvalue weighted by Gasteiger charge is 2.07. The zero-order valence-electron chi connectivity index (χ0n) is 16.4. The maximum atomic E-state index is 11.6. The molecule has 1 amide bonds. The van der Waals surface area contributed by atoms with Crippen LogP contribution >= 0.6 is 0 Å². The molecule has 0 saturated carbocycles. The van der Waals surface area contributed by atoms with E-state index < -0.39 is 0 Å². The smallest absolute Gasteiger partial charge is 0.251 e. The van der Waals surface area contributed by atoms with Crippen molar-refractivity contribution in [2.24, 2.45) is 4.99 Å². The van der Waals surface area contributed by atoms with Crippen molar-refractivity contribution in [3.8, 4) is 5.75 Å². The van der Waals surface area contributed by atoms with Gasteiger partial charge in [0, 0.05) is 26.2 Å². The summed E-state index contributed by atoms with van der Waals surface area (Å²) >= 11 is 0. The molecule has 2 aromatic rings. The monoisotopic (exact) mass is 368 g/mol. The van der Waals surface area contributed by atoms with Gasteiger partial charge in [0.2, 0.25) is 0 Å². The van der Waals surface area contributed by atoms with E-state index in [1.165, 1.54) is 5.56 Å². The number of amides is 1. The minimum absolute atomic E-state index is 0.00260. The van der Waals surface area contributed by atoms with Crippen molar-refractivity contribution < 1.29 is 9.53 Å². The van der Waals surface area contributed by atoms with Crippen molar-refractivity contribution in [1.29, 1.82) is 0 Å². The van der Waals surface area contributed by atoms with Gasteiger partial charge in [-0.15, -0.1) is 0 Å². The van der Waals surface area contributed by atoms with Gasteiger partial charge in [-0.2, -0.15) is 0 Å². The van der Waals surface area contributed by atoms with Crippen LogP contribution in [0.4, 0.5) is 0 Å². The van der Waals surface area contributed by atoms with E-state index in [9.17, 15) is 4.79 Å². The molecule has 0 aliphatic carbocycles. The average molecular weight is 368 g/mol. The molecular formula is C21H28N4O2. The Morgan fingerprint density at radius 1 is 1.15 bits per heavy atom. The third-order valence-corrected chi connectivity index (χ3v) is 4.01. The van der Waals surface area contributed by atoms with Crippen LogP contribution in [0.5, 0.6) is 5.75 Å². The number of nitrogens with zero attached hydrogens (tertiary/aromatic N) is 1. The predicted octanol–water partition coefficient (Wildman–Crippen LogP) is 2.49. The molecule has 6 nitrogen and oxygen atoms in total. The van der Waals surface area contributed by atoms with Crippen LogP contribution in [0.1, 0.15) is 28.4 Å². The summed E-state index contributed by atoms with van der Waals surface area (Å²) in [7, 11) is 3.35. The lowest BCUT2D eigenvalue weighted by Gasteiger charge is -2.18. The molecule has 3 N–H and O–H groups in total. The molecule has 1 unspecified atom stereocenters. The molecule has 144 valence electrons. The molecule has 6 heteroatoms. The number of nitrogens with one attached hydrogen (secondary N) is 3. The van der Waals surface area contributed by atoms with Gasteiger partial charge in [0.15, 0.2) is 5.96 Å². The molecule has 0 aliphatic heterocycles. The van der Waals surface area contributed by atoms with Gasteiger partial charge in [-0.3, -0.25) is 9.79 Å². The van der Waals surface area contributed by atoms with E-state index in [2.05, 4.69) is 20.9 Å². The van der Waals surface area contributed by atoms with Crippen molar-refractivity contribution in [2.75, 3.05) is 20.6 Å². The highest BCUT2D eigenvalue weighted by Crippen LogP contribution is 2.13. The van der Waals surface area contributed by atoms with Gasteiger partial charge in [-0.25, -0.2) is 0 Å². The summed E-state index contributed by atoms with van der Waals surface area (Å²) in [5, 5.41) is 9.13. The van der Waals surface area contributed by atoms with Crippen LogP contribution in [0.15, 0.2) is 53.5 Å². The molecule has 0 aromatic heterocycles. The number of aryl methyl sites for hydroxylation is 1. The number of hydrogen-bond donors (Lipinski definition) is 3. The van der Waals surface area contributed by atoms with Gasteiger partial charge in [0.05, 0.1) is 6.54 Å². The first-order valence-corrected chi connectivity index (χ1v) is 9.00. The Bertz CT molecular complexity index is 772. The number of aliphatic imine (C=N–C) groups is 1. The average Bonchev–Trinajstić information content (AvgIpc) is 2.68. The zero-order chi connectivity index (χ0) is 19.6. The molecule has 2 aromatic carbocycles. The molecular weight excluding hydrogens is 340 g/mol. The van der Waals surface area contributed by atoms with Gasteiger partial charge in [-0.05, 0) is 49.2 Å². The Morgan fingerprint density at radius 3 is 2.52 bits per heavy atom. The summed E-state index contributed by atoms with van der Waals surface area (Å²) in [6.07, 6.45) is -0.00260. The Balaban J connectivity index is 1.79. The largest absolute Gasteiger partial charge is 0.489 e. The molecule has 1 atom stereocenters. The van der Waals surface area contributed by atoms with Gasteiger partial charge < -0.3 is 20.7 Å². The molecule has 0 spiro atoms. The summed E-state index contributed by atoms with van der Waals surface area (Å²) in [6, 6.07) is 15.5. The third-order valence-electron chi connectivity index (χ3n) is 4.01. The van der Waals surface area contributed by atoms with E-state index in [1.807, 2.05) is 62.4 Å². The number of benzene rings is 2. The fourth-order valence-electron chi connectivity index (χ4n) is 2.53. The van der Waals surface area contributed by atoms with Crippen LogP contribution in [-0.4, -0.2) is 38.6 Å². The van der Waals surface area contributed by atoms with Gasteiger partial charge in [0.1, 0.15) is 11.9 Å². The topological polar surface area (TPSA) is 74.8 Å². The fourth-order valence-corrected chi connectivity index (χ4v) is 2.53. The lowest BCUT2D eigenvalue weighted by atomic mass is 10.1. The van der Waals surface area contributed by atoms with Crippen molar-refractivity contribution in [2.45, 2.75) is 26.5 Å². The van der Waals surface area contributed by atoms with Crippen molar-refractivity contribution in [3.05, 3.63) is 65.2 Å². The van der Waals surface area contributed by atoms with Crippen molar-refractivity contribution in [1.82, 2.24) is 16.0 Å². The third kappa shape index (κ3) is 6.66. The second-order valence-electron chi connectivity index (χ2n) is 6.33. The zero-order valence-corrected chi connectivity index (χ0v) is 16.4. The molecule has 2 rings (SSSR count). The van der Waals surface area contributed by atoms with Crippen LogP contribution in [0.2, 0.25) is 0 Å². The maximum Gasteiger partial charge on any atom is 0.251 e. The highest BCUT2D eigenvalue weighted by molar-refractivity contribution is 5.93. The minimum atomic E-state index is -0.0883. The van der Waals surface area contributed by atoms with E-state index in [4.69, 9.17) is 4.74 Å². The standard InChI is InChI=1S/C21H28N4O2/c1-15-6-5-7-19(12-15)27-16(2)13-24-21(23-4)25-14-17-8-10-18(11-9-17)20(26)22-3/h5-12,16H,13-14H2,1-4H3,(H,22,26)(H2,23,24,25). The Hall–Kier alpha value is -3.02. The molecule has 0 fully saturated rings. The second-order valence-corrected chi connectivity index (χ2v) is 6.33.